The lowest BCUT2D eigenvalue weighted by Gasteiger charge is -2.19. The van der Waals surface area contributed by atoms with Crippen molar-refractivity contribution in [1.29, 1.82) is 0 Å². The molecule has 1 aliphatic rings. The van der Waals surface area contributed by atoms with E-state index >= 15 is 0 Å². The molecule has 0 radical (unpaired) electrons. The first-order valence-corrected chi connectivity index (χ1v) is 7.11. The lowest BCUT2D eigenvalue weighted by atomic mass is 9.96. The van der Waals surface area contributed by atoms with Crippen LogP contribution in [0.5, 0.6) is 0 Å². The molecule has 0 atom stereocenters. The largest absolute Gasteiger partial charge is 0.444 e. The molecule has 4 heteroatoms. The Bertz CT molecular complexity index is 470. The van der Waals surface area contributed by atoms with Crippen LogP contribution in [0.1, 0.15) is 39.2 Å². The van der Waals surface area contributed by atoms with Crippen LogP contribution < -0.4 is 11.1 Å². The molecule has 20 heavy (non-hydrogen) atoms. The number of hydrogen-bond donors (Lipinski definition) is 2. The molecule has 1 aromatic carbocycles. The van der Waals surface area contributed by atoms with Crippen LogP contribution in [0.3, 0.4) is 0 Å². The van der Waals surface area contributed by atoms with Gasteiger partial charge in [0.1, 0.15) is 5.60 Å². The van der Waals surface area contributed by atoms with Gasteiger partial charge in [-0.25, -0.2) is 4.79 Å². The number of hydrogen-bond acceptors (Lipinski definition) is 3. The van der Waals surface area contributed by atoms with E-state index in [0.29, 0.717) is 5.41 Å². The van der Waals surface area contributed by atoms with Crippen LogP contribution in [0.25, 0.3) is 0 Å². The Labute approximate surface area is 120 Å². The summed E-state index contributed by atoms with van der Waals surface area (Å²) >= 11 is 0. The van der Waals surface area contributed by atoms with Crippen molar-refractivity contribution in [3.05, 3.63) is 29.8 Å². The third-order valence-electron chi connectivity index (χ3n) is 3.57. The number of carbonyl (C=O) groups excluding carboxylic acids is 1. The van der Waals surface area contributed by atoms with Crippen LogP contribution in [-0.2, 0) is 11.2 Å². The van der Waals surface area contributed by atoms with E-state index in [1.165, 1.54) is 18.4 Å². The van der Waals surface area contributed by atoms with Crippen molar-refractivity contribution in [2.45, 2.75) is 45.6 Å². The van der Waals surface area contributed by atoms with Crippen LogP contribution in [0.4, 0.5) is 10.5 Å². The fourth-order valence-electron chi connectivity index (χ4n) is 2.19. The third kappa shape index (κ3) is 4.23. The minimum absolute atomic E-state index is 0.333. The maximum Gasteiger partial charge on any atom is 0.412 e. The zero-order valence-electron chi connectivity index (χ0n) is 12.5. The number of ether oxygens (including phenoxy) is 1. The Morgan fingerprint density at radius 1 is 1.30 bits per heavy atom. The maximum atomic E-state index is 11.6. The van der Waals surface area contributed by atoms with Crippen LogP contribution in [0, 0.1) is 5.41 Å². The Kier molecular flexibility index (Phi) is 4.04. The summed E-state index contributed by atoms with van der Waals surface area (Å²) in [6, 6.07) is 7.91. The number of nitrogens with one attached hydrogen (secondary N) is 1. The second-order valence-electron chi connectivity index (χ2n) is 6.70. The fourth-order valence-corrected chi connectivity index (χ4v) is 2.19. The van der Waals surface area contributed by atoms with Gasteiger partial charge < -0.3 is 10.5 Å². The normalized spacial score (nSPS) is 16.6. The highest BCUT2D eigenvalue weighted by atomic mass is 16.6. The highest BCUT2D eigenvalue weighted by Gasteiger charge is 2.40. The lowest BCUT2D eigenvalue weighted by Crippen LogP contribution is -2.27. The summed E-state index contributed by atoms with van der Waals surface area (Å²) in [4.78, 5) is 11.6. The second kappa shape index (κ2) is 5.44. The number of anilines is 1. The lowest BCUT2D eigenvalue weighted by molar-refractivity contribution is 0.0636. The minimum Gasteiger partial charge on any atom is -0.444 e. The van der Waals surface area contributed by atoms with Crippen molar-refractivity contribution in [3.8, 4) is 0 Å². The second-order valence-corrected chi connectivity index (χ2v) is 6.70. The summed E-state index contributed by atoms with van der Waals surface area (Å²) in [6.45, 7) is 6.29. The minimum atomic E-state index is -0.483. The molecule has 1 saturated carbocycles. The highest BCUT2D eigenvalue weighted by molar-refractivity contribution is 5.84. The monoisotopic (exact) mass is 276 g/mol. The quantitative estimate of drug-likeness (QED) is 0.886. The predicted octanol–water partition coefficient (Wildman–Crippen LogP) is 3.32. The summed E-state index contributed by atoms with van der Waals surface area (Å²) in [6.07, 6.45) is 3.05. The molecule has 4 nitrogen and oxygen atoms in total. The van der Waals surface area contributed by atoms with Crippen molar-refractivity contribution in [2.24, 2.45) is 11.1 Å². The molecule has 1 fully saturated rings. The topological polar surface area (TPSA) is 64.3 Å². The first-order chi connectivity index (χ1) is 9.32. The molecule has 0 spiro atoms. The van der Waals surface area contributed by atoms with E-state index < -0.39 is 11.7 Å². The standard InChI is InChI=1S/C16H24N2O2/c1-15(2,3)20-14(19)18-13-6-4-12(5-7-13)10-16(11-17)8-9-16/h4-7H,8-11,17H2,1-3H3,(H,18,19). The molecule has 1 amide bonds. The van der Waals surface area contributed by atoms with Gasteiger partial charge in [-0.2, -0.15) is 0 Å². The van der Waals surface area contributed by atoms with E-state index in [-0.39, 0.29) is 0 Å². The Hall–Kier alpha value is -1.55. The number of carbonyl (C=O) groups is 1. The number of nitrogens with two attached hydrogens (primary N) is 1. The molecular formula is C16H24N2O2. The van der Waals surface area contributed by atoms with E-state index in [9.17, 15) is 4.79 Å². The molecule has 1 aliphatic carbocycles. The van der Waals surface area contributed by atoms with E-state index in [4.69, 9.17) is 10.5 Å². The molecule has 110 valence electrons. The molecule has 0 heterocycles. The van der Waals surface area contributed by atoms with Gasteiger partial charge in [0.2, 0.25) is 0 Å². The molecule has 0 unspecified atom stereocenters. The van der Waals surface area contributed by atoms with E-state index in [2.05, 4.69) is 5.32 Å². The van der Waals surface area contributed by atoms with Gasteiger partial charge >= 0.3 is 6.09 Å². The van der Waals surface area contributed by atoms with Gasteiger partial charge in [0, 0.05) is 5.69 Å². The van der Waals surface area contributed by atoms with Crippen molar-refractivity contribution in [2.75, 3.05) is 11.9 Å². The summed E-state index contributed by atoms with van der Waals surface area (Å²) in [5.74, 6) is 0. The number of amides is 1. The third-order valence-corrected chi connectivity index (χ3v) is 3.57. The van der Waals surface area contributed by atoms with E-state index in [1.807, 2.05) is 45.0 Å². The Balaban J connectivity index is 1.90. The number of rotatable bonds is 4. The summed E-state index contributed by atoms with van der Waals surface area (Å²) in [5, 5.41) is 2.73. The van der Waals surface area contributed by atoms with Gasteiger partial charge in [0.25, 0.3) is 0 Å². The van der Waals surface area contributed by atoms with E-state index in [0.717, 1.165) is 18.7 Å². The molecule has 0 bridgehead atoms. The predicted molar refractivity (Wildman–Crippen MR) is 80.7 cm³/mol. The average molecular weight is 276 g/mol. The summed E-state index contributed by atoms with van der Waals surface area (Å²) in [7, 11) is 0. The highest BCUT2D eigenvalue weighted by Crippen LogP contribution is 2.47. The van der Waals surface area contributed by atoms with Crippen molar-refractivity contribution in [3.63, 3.8) is 0 Å². The molecule has 0 aliphatic heterocycles. The van der Waals surface area contributed by atoms with Crippen LogP contribution in [0.15, 0.2) is 24.3 Å². The molecular weight excluding hydrogens is 252 g/mol. The molecule has 2 rings (SSSR count). The van der Waals surface area contributed by atoms with Gasteiger partial charge in [-0.15, -0.1) is 0 Å². The zero-order valence-corrected chi connectivity index (χ0v) is 12.5. The first-order valence-electron chi connectivity index (χ1n) is 7.11. The molecule has 0 aromatic heterocycles. The number of benzene rings is 1. The molecule has 1 aromatic rings. The smallest absolute Gasteiger partial charge is 0.412 e. The van der Waals surface area contributed by atoms with Gasteiger partial charge in [-0.3, -0.25) is 5.32 Å². The fraction of sp³-hybridized carbons (Fsp3) is 0.562. The maximum absolute atomic E-state index is 11.6. The van der Waals surface area contributed by atoms with Gasteiger partial charge in [0.15, 0.2) is 0 Å². The Morgan fingerprint density at radius 2 is 1.90 bits per heavy atom. The Morgan fingerprint density at radius 3 is 2.35 bits per heavy atom. The molecule has 3 N–H and O–H groups in total. The van der Waals surface area contributed by atoms with Gasteiger partial charge in [-0.05, 0) is 69.7 Å². The van der Waals surface area contributed by atoms with Gasteiger partial charge in [-0.1, -0.05) is 12.1 Å². The summed E-state index contributed by atoms with van der Waals surface area (Å²) < 4.78 is 5.21. The van der Waals surface area contributed by atoms with Crippen LogP contribution in [-0.4, -0.2) is 18.2 Å². The van der Waals surface area contributed by atoms with Gasteiger partial charge in [0.05, 0.1) is 0 Å². The first kappa shape index (κ1) is 14.9. The van der Waals surface area contributed by atoms with Crippen molar-refractivity contribution >= 4 is 11.8 Å². The summed E-state index contributed by atoms with van der Waals surface area (Å²) in [5.41, 5.74) is 7.67. The van der Waals surface area contributed by atoms with Crippen molar-refractivity contribution < 1.29 is 9.53 Å². The zero-order chi connectivity index (χ0) is 14.8. The van der Waals surface area contributed by atoms with E-state index in [1.54, 1.807) is 0 Å². The van der Waals surface area contributed by atoms with Crippen LogP contribution >= 0.6 is 0 Å². The van der Waals surface area contributed by atoms with Crippen LogP contribution in [0.2, 0.25) is 0 Å². The average Bonchev–Trinajstić information content (AvgIpc) is 3.10. The SMILES string of the molecule is CC(C)(C)OC(=O)Nc1ccc(CC2(CN)CC2)cc1. The van der Waals surface area contributed by atoms with Crippen molar-refractivity contribution in [1.82, 2.24) is 0 Å². The molecule has 0 saturated heterocycles.